The van der Waals surface area contributed by atoms with E-state index in [1.54, 1.807) is 17.8 Å². The number of rotatable bonds is 6. The van der Waals surface area contributed by atoms with Gasteiger partial charge in [-0.2, -0.15) is 5.10 Å². The Morgan fingerprint density at radius 2 is 1.75 bits per heavy atom. The number of benzene rings is 2. The molecule has 0 aliphatic heterocycles. The van der Waals surface area contributed by atoms with E-state index in [9.17, 15) is 0 Å². The van der Waals surface area contributed by atoms with Crippen molar-refractivity contribution in [2.45, 2.75) is 43.2 Å². The Hall–Kier alpha value is -1.62. The summed E-state index contributed by atoms with van der Waals surface area (Å²) in [5.74, 6) is 0. The summed E-state index contributed by atoms with van der Waals surface area (Å²) in [6.07, 6.45) is 0.830. The van der Waals surface area contributed by atoms with Crippen LogP contribution in [0, 0.1) is 6.92 Å². The predicted octanol–water partition coefficient (Wildman–Crippen LogP) is 6.89. The first kappa shape index (κ1) is 21.1. The molecule has 0 amide bonds. The van der Waals surface area contributed by atoms with E-state index in [1.807, 2.05) is 12.1 Å². The molecule has 0 aliphatic carbocycles. The highest BCUT2D eigenvalue weighted by Gasteiger charge is 2.19. The lowest BCUT2D eigenvalue weighted by Crippen LogP contribution is -2.08. The molecular weight excluding hydrogens is 409 g/mol. The highest BCUT2D eigenvalue weighted by molar-refractivity contribution is 7.99. The first-order chi connectivity index (χ1) is 13.2. The van der Waals surface area contributed by atoms with Crippen molar-refractivity contribution in [1.82, 2.24) is 9.78 Å². The zero-order valence-corrected chi connectivity index (χ0v) is 19.2. The third kappa shape index (κ3) is 4.86. The van der Waals surface area contributed by atoms with E-state index in [1.165, 1.54) is 16.8 Å². The summed E-state index contributed by atoms with van der Waals surface area (Å²) in [6.45, 7) is 6.38. The van der Waals surface area contributed by atoms with Crippen LogP contribution in [0.3, 0.4) is 0 Å². The second-order valence-corrected chi connectivity index (χ2v) is 9.29. The molecule has 0 bridgehead atoms. The van der Waals surface area contributed by atoms with Crippen LogP contribution in [0.15, 0.2) is 52.4 Å². The molecule has 0 saturated heterocycles. The molecule has 1 aromatic heterocycles. The fourth-order valence-electron chi connectivity index (χ4n) is 3.07. The Balaban J connectivity index is 2.02. The fraction of sp³-hybridized carbons (Fsp3) is 0.318. The van der Waals surface area contributed by atoms with Gasteiger partial charge in [0.25, 0.3) is 0 Å². The molecule has 0 radical (unpaired) electrons. The molecule has 6 heteroatoms. The Bertz CT molecular complexity index is 960. The second-order valence-electron chi connectivity index (χ2n) is 7.36. The smallest absolute Gasteiger partial charge is 0.103 e. The van der Waals surface area contributed by atoms with Crippen LogP contribution in [-0.2, 0) is 6.42 Å². The number of hydrogen-bond acceptors (Lipinski definition) is 3. The Morgan fingerprint density at radius 1 is 1.07 bits per heavy atom. The summed E-state index contributed by atoms with van der Waals surface area (Å²) >= 11 is 14.1. The van der Waals surface area contributed by atoms with Crippen LogP contribution in [0.2, 0.25) is 10.0 Å². The standard InChI is InChI=1S/C22H25Cl2N3S/c1-14(2)27-22(28-20-12-17(23)11-18(24)13-20)21(15(3)25-27)10-16-7-6-8-19(9-16)26(4)5/h6-9,11-14H,10H2,1-5H3. The molecule has 28 heavy (non-hydrogen) atoms. The van der Waals surface area contributed by atoms with Gasteiger partial charge in [-0.05, 0) is 56.7 Å². The van der Waals surface area contributed by atoms with Crippen LogP contribution < -0.4 is 4.90 Å². The van der Waals surface area contributed by atoms with Crippen molar-refractivity contribution in [3.63, 3.8) is 0 Å². The molecular formula is C22H25Cl2N3S. The van der Waals surface area contributed by atoms with E-state index in [4.69, 9.17) is 28.3 Å². The number of nitrogens with zero attached hydrogens (tertiary/aromatic N) is 3. The van der Waals surface area contributed by atoms with Gasteiger partial charge in [0.2, 0.25) is 0 Å². The third-order valence-corrected chi connectivity index (χ3v) is 6.04. The molecule has 0 saturated carbocycles. The fourth-order valence-corrected chi connectivity index (χ4v) is 5.01. The summed E-state index contributed by atoms with van der Waals surface area (Å²) < 4.78 is 2.10. The van der Waals surface area contributed by atoms with E-state index in [-0.39, 0.29) is 6.04 Å². The van der Waals surface area contributed by atoms with Crippen molar-refractivity contribution in [3.05, 3.63) is 69.3 Å². The highest BCUT2D eigenvalue weighted by Crippen LogP contribution is 2.37. The molecule has 3 nitrogen and oxygen atoms in total. The topological polar surface area (TPSA) is 21.1 Å². The summed E-state index contributed by atoms with van der Waals surface area (Å²) in [7, 11) is 4.12. The molecule has 148 valence electrons. The Morgan fingerprint density at radius 3 is 2.36 bits per heavy atom. The van der Waals surface area contributed by atoms with Gasteiger partial charge in [0.15, 0.2) is 0 Å². The van der Waals surface area contributed by atoms with Crippen molar-refractivity contribution in [1.29, 1.82) is 0 Å². The van der Waals surface area contributed by atoms with E-state index < -0.39 is 0 Å². The number of aromatic nitrogens is 2. The van der Waals surface area contributed by atoms with Gasteiger partial charge in [-0.3, -0.25) is 4.68 Å². The second kappa shape index (κ2) is 8.81. The van der Waals surface area contributed by atoms with Gasteiger partial charge >= 0.3 is 0 Å². The van der Waals surface area contributed by atoms with E-state index in [0.29, 0.717) is 10.0 Å². The quantitative estimate of drug-likeness (QED) is 0.422. The Labute approximate surface area is 181 Å². The Kier molecular flexibility index (Phi) is 6.64. The minimum Gasteiger partial charge on any atom is -0.378 e. The van der Waals surface area contributed by atoms with Crippen molar-refractivity contribution in [3.8, 4) is 0 Å². The lowest BCUT2D eigenvalue weighted by Gasteiger charge is -2.15. The summed E-state index contributed by atoms with van der Waals surface area (Å²) in [4.78, 5) is 3.14. The third-order valence-electron chi connectivity index (χ3n) is 4.51. The van der Waals surface area contributed by atoms with Crippen LogP contribution in [-0.4, -0.2) is 23.9 Å². The predicted molar refractivity (Wildman–Crippen MR) is 122 cm³/mol. The minimum atomic E-state index is 0.262. The molecule has 0 atom stereocenters. The molecule has 0 spiro atoms. The molecule has 0 aliphatic rings. The van der Waals surface area contributed by atoms with E-state index in [2.05, 4.69) is 68.7 Å². The highest BCUT2D eigenvalue weighted by atomic mass is 35.5. The monoisotopic (exact) mass is 433 g/mol. The summed E-state index contributed by atoms with van der Waals surface area (Å²) in [6, 6.07) is 14.5. The number of halogens is 2. The van der Waals surface area contributed by atoms with Crippen LogP contribution >= 0.6 is 35.0 Å². The molecule has 3 rings (SSSR count). The molecule has 1 heterocycles. The zero-order chi connectivity index (χ0) is 20.4. The molecule has 0 unspecified atom stereocenters. The van der Waals surface area contributed by atoms with Crippen molar-refractivity contribution < 1.29 is 0 Å². The first-order valence-electron chi connectivity index (χ1n) is 9.22. The van der Waals surface area contributed by atoms with Crippen molar-refractivity contribution in [2.24, 2.45) is 0 Å². The van der Waals surface area contributed by atoms with Gasteiger partial charge in [-0.1, -0.05) is 47.1 Å². The zero-order valence-electron chi connectivity index (χ0n) is 16.8. The maximum Gasteiger partial charge on any atom is 0.103 e. The molecule has 3 aromatic rings. The average Bonchev–Trinajstić information content (AvgIpc) is 2.91. The summed E-state index contributed by atoms with van der Waals surface area (Å²) in [5.41, 5.74) is 4.76. The SMILES string of the molecule is Cc1nn(C(C)C)c(Sc2cc(Cl)cc(Cl)c2)c1Cc1cccc(N(C)C)c1. The normalized spacial score (nSPS) is 11.3. The number of hydrogen-bond donors (Lipinski definition) is 0. The largest absolute Gasteiger partial charge is 0.378 e. The van der Waals surface area contributed by atoms with Crippen LogP contribution in [0.1, 0.15) is 36.7 Å². The minimum absolute atomic E-state index is 0.262. The maximum absolute atomic E-state index is 6.22. The van der Waals surface area contributed by atoms with Crippen molar-refractivity contribution >= 4 is 40.7 Å². The van der Waals surface area contributed by atoms with Gasteiger partial charge in [-0.25, -0.2) is 0 Å². The lowest BCUT2D eigenvalue weighted by atomic mass is 10.1. The van der Waals surface area contributed by atoms with Gasteiger partial charge < -0.3 is 4.90 Å². The molecule has 2 aromatic carbocycles. The summed E-state index contributed by atoms with van der Waals surface area (Å²) in [5, 5.41) is 7.25. The average molecular weight is 434 g/mol. The van der Waals surface area contributed by atoms with E-state index >= 15 is 0 Å². The molecule has 0 fully saturated rings. The van der Waals surface area contributed by atoms with Crippen LogP contribution in [0.25, 0.3) is 0 Å². The van der Waals surface area contributed by atoms with Gasteiger partial charge in [0.1, 0.15) is 5.03 Å². The maximum atomic E-state index is 6.22. The van der Waals surface area contributed by atoms with Gasteiger partial charge in [0, 0.05) is 52.7 Å². The molecule has 0 N–H and O–H groups in total. The lowest BCUT2D eigenvalue weighted by molar-refractivity contribution is 0.489. The van der Waals surface area contributed by atoms with Crippen LogP contribution in [0.4, 0.5) is 5.69 Å². The number of anilines is 1. The number of aryl methyl sites for hydroxylation is 1. The van der Waals surface area contributed by atoms with Crippen LogP contribution in [0.5, 0.6) is 0 Å². The van der Waals surface area contributed by atoms with Crippen molar-refractivity contribution in [2.75, 3.05) is 19.0 Å². The van der Waals surface area contributed by atoms with E-state index in [0.717, 1.165) is 22.0 Å². The van der Waals surface area contributed by atoms with Gasteiger partial charge in [0.05, 0.1) is 5.69 Å². The first-order valence-corrected chi connectivity index (χ1v) is 10.8. The van der Waals surface area contributed by atoms with Gasteiger partial charge in [-0.15, -0.1) is 0 Å².